The molecular formula is C15H28N2O2. The zero-order valence-electron chi connectivity index (χ0n) is 12.3. The van der Waals surface area contributed by atoms with Crippen LogP contribution in [0, 0.1) is 5.92 Å². The molecule has 0 spiro atoms. The van der Waals surface area contributed by atoms with Crippen molar-refractivity contribution in [1.82, 2.24) is 10.2 Å². The van der Waals surface area contributed by atoms with Crippen LogP contribution < -0.4 is 5.32 Å². The second-order valence-corrected chi connectivity index (χ2v) is 6.87. The van der Waals surface area contributed by atoms with E-state index in [0.29, 0.717) is 19.1 Å². The molecule has 0 aromatic rings. The molecule has 2 fully saturated rings. The lowest BCUT2D eigenvalue weighted by Gasteiger charge is -2.35. The first kappa shape index (κ1) is 14.8. The largest absolute Gasteiger partial charge is 0.481 e. The lowest BCUT2D eigenvalue weighted by molar-refractivity contribution is -0.142. The number of aliphatic carboxylic acids is 1. The van der Waals surface area contributed by atoms with Gasteiger partial charge in [-0.1, -0.05) is 25.7 Å². The summed E-state index contributed by atoms with van der Waals surface area (Å²) in [5.41, 5.74) is 0.0104. The Morgan fingerprint density at radius 3 is 2.42 bits per heavy atom. The quantitative estimate of drug-likeness (QED) is 0.753. The average molecular weight is 268 g/mol. The minimum absolute atomic E-state index is 0.0104. The molecule has 0 amide bonds. The Morgan fingerprint density at radius 2 is 1.84 bits per heavy atom. The first-order valence-corrected chi connectivity index (χ1v) is 7.70. The van der Waals surface area contributed by atoms with Gasteiger partial charge in [0.2, 0.25) is 0 Å². The van der Waals surface area contributed by atoms with E-state index in [1.54, 1.807) is 0 Å². The minimum atomic E-state index is -0.663. The van der Waals surface area contributed by atoms with Gasteiger partial charge in [0, 0.05) is 31.2 Å². The van der Waals surface area contributed by atoms with Crippen LogP contribution in [0.15, 0.2) is 0 Å². The van der Waals surface area contributed by atoms with Gasteiger partial charge in [-0.15, -0.1) is 0 Å². The highest BCUT2D eigenvalue weighted by atomic mass is 16.4. The Hall–Kier alpha value is -0.610. The van der Waals surface area contributed by atoms with Gasteiger partial charge < -0.3 is 10.4 Å². The molecule has 1 aliphatic carbocycles. The molecule has 0 aromatic heterocycles. The Morgan fingerprint density at radius 1 is 1.21 bits per heavy atom. The van der Waals surface area contributed by atoms with Crippen LogP contribution in [0.25, 0.3) is 0 Å². The number of hydrogen-bond donors (Lipinski definition) is 2. The number of hydrogen-bond acceptors (Lipinski definition) is 3. The molecule has 0 radical (unpaired) electrons. The van der Waals surface area contributed by atoms with Crippen molar-refractivity contribution in [3.05, 3.63) is 0 Å². The second-order valence-electron chi connectivity index (χ2n) is 6.87. The molecule has 1 saturated carbocycles. The molecule has 110 valence electrons. The van der Waals surface area contributed by atoms with E-state index in [9.17, 15) is 9.90 Å². The lowest BCUT2D eigenvalue weighted by Crippen LogP contribution is -2.49. The lowest BCUT2D eigenvalue weighted by atomic mass is 10.0. The summed E-state index contributed by atoms with van der Waals surface area (Å²) in [7, 11) is 0. The van der Waals surface area contributed by atoms with Crippen LogP contribution in [-0.2, 0) is 4.79 Å². The average Bonchev–Trinajstić information content (AvgIpc) is 2.67. The molecule has 1 unspecified atom stereocenters. The topological polar surface area (TPSA) is 52.6 Å². The Kier molecular flexibility index (Phi) is 4.85. The highest BCUT2D eigenvalue weighted by molar-refractivity contribution is 5.70. The van der Waals surface area contributed by atoms with E-state index in [4.69, 9.17) is 0 Å². The molecule has 1 atom stereocenters. The first-order valence-electron chi connectivity index (χ1n) is 7.70. The van der Waals surface area contributed by atoms with Gasteiger partial charge in [0.25, 0.3) is 0 Å². The van der Waals surface area contributed by atoms with Crippen LogP contribution in [0.3, 0.4) is 0 Å². The molecule has 2 aliphatic rings. The van der Waals surface area contributed by atoms with Crippen LogP contribution in [-0.4, -0.2) is 47.2 Å². The van der Waals surface area contributed by atoms with E-state index in [1.165, 1.54) is 38.5 Å². The molecule has 0 aromatic carbocycles. The first-order chi connectivity index (χ1) is 8.98. The molecule has 2 rings (SSSR count). The Bertz CT molecular complexity index is 309. The molecule has 19 heavy (non-hydrogen) atoms. The van der Waals surface area contributed by atoms with Crippen molar-refractivity contribution in [2.75, 3.05) is 19.6 Å². The third-order valence-electron chi connectivity index (χ3n) is 4.57. The zero-order valence-corrected chi connectivity index (χ0v) is 12.3. The predicted molar refractivity (Wildman–Crippen MR) is 76.3 cm³/mol. The Labute approximate surface area is 116 Å². The van der Waals surface area contributed by atoms with Crippen LogP contribution in [0.5, 0.6) is 0 Å². The summed E-state index contributed by atoms with van der Waals surface area (Å²) in [5, 5.41) is 12.8. The minimum Gasteiger partial charge on any atom is -0.481 e. The number of nitrogens with zero attached hydrogens (tertiary/aromatic N) is 1. The summed E-state index contributed by atoms with van der Waals surface area (Å²) >= 11 is 0. The number of carboxylic acid groups (broad SMARTS) is 1. The molecule has 0 bridgehead atoms. The molecule has 2 N–H and O–H groups in total. The molecular weight excluding hydrogens is 240 g/mol. The van der Waals surface area contributed by atoms with Gasteiger partial charge in [-0.2, -0.15) is 0 Å². The second kappa shape index (κ2) is 6.23. The van der Waals surface area contributed by atoms with Crippen molar-refractivity contribution in [2.24, 2.45) is 5.92 Å². The van der Waals surface area contributed by atoms with Crippen molar-refractivity contribution >= 4 is 5.97 Å². The third kappa shape index (κ3) is 4.18. The predicted octanol–water partition coefficient (Wildman–Crippen LogP) is 2.09. The SMILES string of the molecule is CC1(C)CN(C2CCCCCC2)CC(C(=O)O)CN1. The molecule has 1 aliphatic heterocycles. The van der Waals surface area contributed by atoms with Crippen molar-refractivity contribution in [1.29, 1.82) is 0 Å². The van der Waals surface area contributed by atoms with Crippen LogP contribution in [0.2, 0.25) is 0 Å². The van der Waals surface area contributed by atoms with Crippen molar-refractivity contribution < 1.29 is 9.90 Å². The fourth-order valence-corrected chi connectivity index (χ4v) is 3.44. The maximum absolute atomic E-state index is 11.3. The fraction of sp³-hybridized carbons (Fsp3) is 0.933. The summed E-state index contributed by atoms with van der Waals surface area (Å²) in [6.07, 6.45) is 7.76. The monoisotopic (exact) mass is 268 g/mol. The van der Waals surface area contributed by atoms with Gasteiger partial charge in [0.05, 0.1) is 5.92 Å². The molecule has 4 nitrogen and oxygen atoms in total. The van der Waals surface area contributed by atoms with Crippen molar-refractivity contribution in [3.8, 4) is 0 Å². The summed E-state index contributed by atoms with van der Waals surface area (Å²) in [6, 6.07) is 0.587. The zero-order chi connectivity index (χ0) is 13.9. The number of rotatable bonds is 2. The van der Waals surface area contributed by atoms with E-state index in [2.05, 4.69) is 24.1 Å². The van der Waals surface area contributed by atoms with Gasteiger partial charge in [0.15, 0.2) is 0 Å². The van der Waals surface area contributed by atoms with Crippen molar-refractivity contribution in [3.63, 3.8) is 0 Å². The van der Waals surface area contributed by atoms with E-state index >= 15 is 0 Å². The highest BCUT2D eigenvalue weighted by Crippen LogP contribution is 2.25. The third-order valence-corrected chi connectivity index (χ3v) is 4.57. The van der Waals surface area contributed by atoms with Crippen LogP contribution >= 0.6 is 0 Å². The van der Waals surface area contributed by atoms with Gasteiger partial charge >= 0.3 is 5.97 Å². The standard InChI is InChI=1S/C15H28N2O2/c1-15(2)11-17(10-12(9-16-15)14(18)19)13-7-5-3-4-6-8-13/h12-13,16H,3-11H2,1-2H3,(H,18,19). The van der Waals surface area contributed by atoms with Gasteiger partial charge in [-0.3, -0.25) is 9.69 Å². The fourth-order valence-electron chi connectivity index (χ4n) is 3.44. The number of carbonyl (C=O) groups is 1. The summed E-state index contributed by atoms with van der Waals surface area (Å²) in [6.45, 7) is 6.62. The molecule has 1 saturated heterocycles. The summed E-state index contributed by atoms with van der Waals surface area (Å²) in [4.78, 5) is 13.8. The summed E-state index contributed by atoms with van der Waals surface area (Å²) < 4.78 is 0. The van der Waals surface area contributed by atoms with Crippen molar-refractivity contribution in [2.45, 2.75) is 64.0 Å². The number of carboxylic acids is 1. The Balaban J connectivity index is 2.08. The smallest absolute Gasteiger partial charge is 0.309 e. The van der Waals surface area contributed by atoms with E-state index in [0.717, 1.165) is 6.54 Å². The van der Waals surface area contributed by atoms with E-state index in [1.807, 2.05) is 0 Å². The van der Waals surface area contributed by atoms with Gasteiger partial charge in [0.1, 0.15) is 0 Å². The van der Waals surface area contributed by atoms with E-state index < -0.39 is 5.97 Å². The normalized spacial score (nSPS) is 30.5. The number of nitrogens with one attached hydrogen (secondary N) is 1. The van der Waals surface area contributed by atoms with E-state index in [-0.39, 0.29) is 11.5 Å². The van der Waals surface area contributed by atoms with Gasteiger partial charge in [-0.25, -0.2) is 0 Å². The molecule has 1 heterocycles. The van der Waals surface area contributed by atoms with Gasteiger partial charge in [-0.05, 0) is 26.7 Å². The van der Waals surface area contributed by atoms with Crippen LogP contribution in [0.1, 0.15) is 52.4 Å². The highest BCUT2D eigenvalue weighted by Gasteiger charge is 2.34. The maximum atomic E-state index is 11.3. The maximum Gasteiger partial charge on any atom is 0.309 e. The molecule has 4 heteroatoms. The van der Waals surface area contributed by atoms with Crippen LogP contribution in [0.4, 0.5) is 0 Å². The summed E-state index contributed by atoms with van der Waals surface area (Å²) in [5.74, 6) is -0.936.